The average molecular weight is 317 g/mol. The Morgan fingerprint density at radius 3 is 2.70 bits per heavy atom. The molecule has 7 nitrogen and oxygen atoms in total. The van der Waals surface area contributed by atoms with E-state index in [2.05, 4.69) is 16.0 Å². The normalized spacial score (nSPS) is 20.6. The first-order valence-corrected chi connectivity index (χ1v) is 7.35. The lowest BCUT2D eigenvalue weighted by Gasteiger charge is -2.26. The van der Waals surface area contributed by atoms with Crippen molar-refractivity contribution in [1.82, 2.24) is 10.6 Å². The fourth-order valence-electron chi connectivity index (χ4n) is 2.42. The van der Waals surface area contributed by atoms with Crippen molar-refractivity contribution in [2.24, 2.45) is 5.92 Å². The minimum absolute atomic E-state index is 0.0829. The molecular formula is C16H19N3O4. The van der Waals surface area contributed by atoms with E-state index in [-0.39, 0.29) is 30.1 Å². The molecule has 23 heavy (non-hydrogen) atoms. The molecule has 0 saturated carbocycles. The zero-order valence-corrected chi connectivity index (χ0v) is 13.0. The highest BCUT2D eigenvalue weighted by molar-refractivity contribution is 6.02. The summed E-state index contributed by atoms with van der Waals surface area (Å²) in [4.78, 5) is 46.2. The van der Waals surface area contributed by atoms with Gasteiger partial charge in [0.2, 0.25) is 23.6 Å². The molecule has 1 aliphatic heterocycles. The highest BCUT2D eigenvalue weighted by Crippen LogP contribution is 2.14. The van der Waals surface area contributed by atoms with Gasteiger partial charge in [-0.05, 0) is 24.1 Å². The molecule has 2 rings (SSSR count). The number of amides is 4. The third-order valence-corrected chi connectivity index (χ3v) is 3.55. The van der Waals surface area contributed by atoms with Crippen LogP contribution in [-0.2, 0) is 25.6 Å². The van der Waals surface area contributed by atoms with Gasteiger partial charge in [-0.3, -0.25) is 24.5 Å². The second kappa shape index (κ2) is 7.04. The third kappa shape index (κ3) is 4.64. The molecule has 0 bridgehead atoms. The monoisotopic (exact) mass is 317 g/mol. The first kappa shape index (κ1) is 16.7. The molecule has 1 saturated heterocycles. The molecule has 122 valence electrons. The molecule has 1 fully saturated rings. The summed E-state index contributed by atoms with van der Waals surface area (Å²) >= 11 is 0. The van der Waals surface area contributed by atoms with Gasteiger partial charge in [-0.25, -0.2) is 0 Å². The van der Waals surface area contributed by atoms with E-state index in [9.17, 15) is 19.2 Å². The van der Waals surface area contributed by atoms with Crippen LogP contribution in [-0.4, -0.2) is 29.7 Å². The van der Waals surface area contributed by atoms with E-state index < -0.39 is 11.9 Å². The van der Waals surface area contributed by atoms with E-state index >= 15 is 0 Å². The summed E-state index contributed by atoms with van der Waals surface area (Å²) in [6, 6.07) is 6.23. The number of hydrogen-bond acceptors (Lipinski definition) is 4. The lowest BCUT2D eigenvalue weighted by atomic mass is 9.96. The Labute approximate surface area is 133 Å². The number of hydrogen-bond donors (Lipinski definition) is 3. The van der Waals surface area contributed by atoms with Crippen LogP contribution < -0.4 is 16.0 Å². The summed E-state index contributed by atoms with van der Waals surface area (Å²) in [6.45, 7) is 3.11. The predicted molar refractivity (Wildman–Crippen MR) is 83.3 cm³/mol. The molecule has 1 aromatic carbocycles. The summed E-state index contributed by atoms with van der Waals surface area (Å²) in [6.07, 6.45) is 0.377. The van der Waals surface area contributed by atoms with Gasteiger partial charge in [-0.2, -0.15) is 0 Å². The molecule has 4 amide bonds. The molecule has 1 unspecified atom stereocenters. The second-order valence-corrected chi connectivity index (χ2v) is 5.67. The largest absolute Gasteiger partial charge is 0.344 e. The van der Waals surface area contributed by atoms with Crippen LogP contribution in [0.5, 0.6) is 0 Å². The Kier molecular flexibility index (Phi) is 5.10. The minimum Gasteiger partial charge on any atom is -0.344 e. The van der Waals surface area contributed by atoms with Crippen molar-refractivity contribution in [3.63, 3.8) is 0 Å². The van der Waals surface area contributed by atoms with E-state index in [0.717, 1.165) is 0 Å². The number of carbonyl (C=O) groups is 4. The Hall–Kier alpha value is -2.70. The zero-order valence-electron chi connectivity index (χ0n) is 13.0. The van der Waals surface area contributed by atoms with Gasteiger partial charge >= 0.3 is 0 Å². The molecule has 2 atom stereocenters. The summed E-state index contributed by atoms with van der Waals surface area (Å²) in [5.74, 6) is -1.62. The highest BCUT2D eigenvalue weighted by atomic mass is 16.2. The Bertz CT molecular complexity index is 656. The van der Waals surface area contributed by atoms with Gasteiger partial charge in [-0.1, -0.05) is 19.1 Å². The maximum Gasteiger partial charge on any atom is 0.249 e. The first-order valence-electron chi connectivity index (χ1n) is 7.35. The summed E-state index contributed by atoms with van der Waals surface area (Å²) < 4.78 is 0. The number of benzene rings is 1. The number of piperidine rings is 1. The van der Waals surface area contributed by atoms with E-state index in [1.807, 2.05) is 0 Å². The van der Waals surface area contributed by atoms with Gasteiger partial charge in [-0.15, -0.1) is 0 Å². The average Bonchev–Trinajstić information content (AvgIpc) is 2.44. The highest BCUT2D eigenvalue weighted by Gasteiger charge is 2.32. The predicted octanol–water partition coefficient (Wildman–Crippen LogP) is 0.355. The molecule has 3 N–H and O–H groups in total. The van der Waals surface area contributed by atoms with E-state index in [4.69, 9.17) is 0 Å². The number of nitrogens with one attached hydrogen (secondary N) is 3. The van der Waals surface area contributed by atoms with Gasteiger partial charge in [0.15, 0.2) is 0 Å². The van der Waals surface area contributed by atoms with Crippen molar-refractivity contribution in [3.8, 4) is 0 Å². The van der Waals surface area contributed by atoms with Crippen LogP contribution in [0.3, 0.4) is 0 Å². The molecule has 1 aromatic rings. The SMILES string of the molecule is CC(=O)Nc1cccc(CC(=O)N[C@@H]2CC(C)C(=O)NC2=O)c1. The molecule has 0 aliphatic carbocycles. The maximum atomic E-state index is 12.1. The quantitative estimate of drug-likeness (QED) is 0.697. The topological polar surface area (TPSA) is 104 Å². The summed E-state index contributed by atoms with van der Waals surface area (Å²) in [5, 5.41) is 7.52. The molecule has 1 heterocycles. The van der Waals surface area contributed by atoms with Gasteiger partial charge in [0.05, 0.1) is 6.42 Å². The first-order chi connectivity index (χ1) is 10.8. The molecular weight excluding hydrogens is 298 g/mol. The van der Waals surface area contributed by atoms with Crippen molar-refractivity contribution < 1.29 is 19.2 Å². The summed E-state index contributed by atoms with van der Waals surface area (Å²) in [5.41, 5.74) is 1.33. The van der Waals surface area contributed by atoms with Crippen LogP contribution >= 0.6 is 0 Å². The van der Waals surface area contributed by atoms with E-state index in [0.29, 0.717) is 17.7 Å². The van der Waals surface area contributed by atoms with Crippen molar-refractivity contribution in [1.29, 1.82) is 0 Å². The van der Waals surface area contributed by atoms with E-state index in [1.54, 1.807) is 31.2 Å². The van der Waals surface area contributed by atoms with Crippen LogP contribution in [0.25, 0.3) is 0 Å². The third-order valence-electron chi connectivity index (χ3n) is 3.55. The van der Waals surface area contributed by atoms with E-state index in [1.165, 1.54) is 6.92 Å². The van der Waals surface area contributed by atoms with Crippen molar-refractivity contribution >= 4 is 29.3 Å². The summed E-state index contributed by atoms with van der Waals surface area (Å²) in [7, 11) is 0. The Morgan fingerprint density at radius 2 is 2.00 bits per heavy atom. The Morgan fingerprint density at radius 1 is 1.26 bits per heavy atom. The molecule has 0 radical (unpaired) electrons. The number of anilines is 1. The molecule has 0 aromatic heterocycles. The van der Waals surface area contributed by atoms with Crippen LogP contribution in [0.1, 0.15) is 25.8 Å². The second-order valence-electron chi connectivity index (χ2n) is 5.67. The van der Waals surface area contributed by atoms with Gasteiger partial charge in [0, 0.05) is 18.5 Å². The molecule has 0 spiro atoms. The van der Waals surface area contributed by atoms with Crippen LogP contribution in [0.15, 0.2) is 24.3 Å². The number of rotatable bonds is 4. The lowest BCUT2D eigenvalue weighted by molar-refractivity contribution is -0.139. The number of imide groups is 1. The van der Waals surface area contributed by atoms with Crippen molar-refractivity contribution in [3.05, 3.63) is 29.8 Å². The minimum atomic E-state index is -0.700. The van der Waals surface area contributed by atoms with Gasteiger partial charge in [0.25, 0.3) is 0 Å². The maximum absolute atomic E-state index is 12.1. The van der Waals surface area contributed by atoms with Crippen LogP contribution in [0, 0.1) is 5.92 Å². The smallest absolute Gasteiger partial charge is 0.249 e. The lowest BCUT2D eigenvalue weighted by Crippen LogP contribution is -2.55. The Balaban J connectivity index is 1.95. The van der Waals surface area contributed by atoms with Crippen molar-refractivity contribution in [2.75, 3.05) is 5.32 Å². The molecule has 1 aliphatic rings. The van der Waals surface area contributed by atoms with Crippen molar-refractivity contribution in [2.45, 2.75) is 32.7 Å². The van der Waals surface area contributed by atoms with Gasteiger partial charge in [0.1, 0.15) is 6.04 Å². The fraction of sp³-hybridized carbons (Fsp3) is 0.375. The standard InChI is InChI=1S/C16H19N3O4/c1-9-6-13(16(23)19-15(9)22)18-14(21)8-11-4-3-5-12(7-11)17-10(2)20/h3-5,7,9,13H,6,8H2,1-2H3,(H,17,20)(H,18,21)(H,19,22,23)/t9?,13-/m1/s1. The zero-order chi connectivity index (χ0) is 17.0. The molecule has 7 heteroatoms. The van der Waals surface area contributed by atoms with Crippen LogP contribution in [0.2, 0.25) is 0 Å². The fourth-order valence-corrected chi connectivity index (χ4v) is 2.42. The van der Waals surface area contributed by atoms with Crippen LogP contribution in [0.4, 0.5) is 5.69 Å². The number of carbonyl (C=O) groups excluding carboxylic acids is 4. The van der Waals surface area contributed by atoms with Gasteiger partial charge < -0.3 is 10.6 Å².